The molecule has 202 valence electrons. The van der Waals surface area contributed by atoms with Gasteiger partial charge in [0.25, 0.3) is 0 Å². The first-order chi connectivity index (χ1) is 16.1. The summed E-state index contributed by atoms with van der Waals surface area (Å²) >= 11 is 0. The second-order valence-electron chi connectivity index (χ2n) is 11.1. The number of esters is 3. The molecular weight excluding hydrogens is 456 g/mol. The lowest BCUT2D eigenvalue weighted by molar-refractivity contribution is -0.158. The Kier molecular flexibility index (Phi) is 12.1. The maximum atomic E-state index is 11.6. The van der Waals surface area contributed by atoms with Crippen molar-refractivity contribution in [3.8, 4) is 0 Å². The Morgan fingerprint density at radius 1 is 0.714 bits per heavy atom. The van der Waals surface area contributed by atoms with E-state index in [9.17, 15) is 19.2 Å². The molecule has 0 spiro atoms. The van der Waals surface area contributed by atoms with Crippen molar-refractivity contribution in [2.45, 2.75) is 78.4 Å². The van der Waals surface area contributed by atoms with E-state index in [2.05, 4.69) is 0 Å². The predicted octanol–water partition coefficient (Wildman–Crippen LogP) is 2.34. The van der Waals surface area contributed by atoms with E-state index in [0.29, 0.717) is 32.5 Å². The average Bonchev–Trinajstić information content (AvgIpc) is 2.71. The minimum absolute atomic E-state index is 0.0233. The Morgan fingerprint density at radius 3 is 1.34 bits per heavy atom. The van der Waals surface area contributed by atoms with Crippen LogP contribution in [0.5, 0.6) is 0 Å². The average molecular weight is 501 g/mol. The summed E-state index contributed by atoms with van der Waals surface area (Å²) in [6.45, 7) is 14.4. The summed E-state index contributed by atoms with van der Waals surface area (Å²) in [4.78, 5) is 49.3. The van der Waals surface area contributed by atoms with Crippen LogP contribution in [-0.2, 0) is 33.4 Å². The van der Waals surface area contributed by atoms with Gasteiger partial charge in [0.1, 0.15) is 11.2 Å². The summed E-state index contributed by atoms with van der Waals surface area (Å²) in [6, 6.07) is 0. The molecule has 35 heavy (non-hydrogen) atoms. The molecule has 10 heteroatoms. The molecule has 2 aliphatic rings. The van der Waals surface area contributed by atoms with Gasteiger partial charge in [-0.1, -0.05) is 0 Å². The van der Waals surface area contributed by atoms with Crippen molar-refractivity contribution in [1.82, 2.24) is 9.80 Å². The smallest absolute Gasteiger partial charge is 0.320 e. The molecule has 2 aliphatic heterocycles. The third kappa shape index (κ3) is 13.5. The number of carbonyl (C=O) groups is 4. The van der Waals surface area contributed by atoms with E-state index in [1.165, 1.54) is 7.11 Å². The first kappa shape index (κ1) is 30.8. The zero-order valence-electron chi connectivity index (χ0n) is 22.4. The molecule has 0 aliphatic carbocycles. The van der Waals surface area contributed by atoms with Gasteiger partial charge in [0.15, 0.2) is 0 Å². The molecule has 2 rings (SSSR count). The molecule has 0 radical (unpaired) electrons. The van der Waals surface area contributed by atoms with Gasteiger partial charge in [-0.15, -0.1) is 0 Å². The fourth-order valence-corrected chi connectivity index (χ4v) is 3.94. The normalized spacial score (nSPS) is 18.7. The first-order valence-corrected chi connectivity index (χ1v) is 12.3. The maximum absolute atomic E-state index is 11.6. The third-order valence-electron chi connectivity index (χ3n) is 5.60. The van der Waals surface area contributed by atoms with Gasteiger partial charge >= 0.3 is 23.9 Å². The molecule has 0 bridgehead atoms. The van der Waals surface area contributed by atoms with E-state index in [0.717, 1.165) is 25.9 Å². The Balaban J connectivity index is 0.000000351. The molecule has 0 atom stereocenters. The van der Waals surface area contributed by atoms with Crippen LogP contribution in [0, 0.1) is 11.8 Å². The summed E-state index contributed by atoms with van der Waals surface area (Å²) < 4.78 is 15.2. The summed E-state index contributed by atoms with van der Waals surface area (Å²) in [7, 11) is 1.41. The number of piperidine rings is 2. The second-order valence-corrected chi connectivity index (χ2v) is 11.1. The van der Waals surface area contributed by atoms with Crippen LogP contribution >= 0.6 is 0 Å². The lowest BCUT2D eigenvalue weighted by Crippen LogP contribution is -2.41. The molecular formula is C25H44N2O8. The van der Waals surface area contributed by atoms with Gasteiger partial charge in [0.05, 0.1) is 32.0 Å². The highest BCUT2D eigenvalue weighted by Gasteiger charge is 2.28. The molecule has 0 unspecified atom stereocenters. The van der Waals surface area contributed by atoms with Crippen molar-refractivity contribution in [2.75, 3.05) is 46.4 Å². The van der Waals surface area contributed by atoms with Crippen molar-refractivity contribution in [3.05, 3.63) is 0 Å². The fourth-order valence-electron chi connectivity index (χ4n) is 3.94. The molecule has 2 saturated heterocycles. The second kappa shape index (κ2) is 13.8. The van der Waals surface area contributed by atoms with Crippen LogP contribution in [0.4, 0.5) is 0 Å². The number of likely N-dealkylation sites (tertiary alicyclic amines) is 2. The van der Waals surface area contributed by atoms with Crippen molar-refractivity contribution in [3.63, 3.8) is 0 Å². The number of carboxylic acid groups (broad SMARTS) is 1. The number of nitrogens with zero attached hydrogens (tertiary/aromatic N) is 2. The van der Waals surface area contributed by atoms with E-state index in [1.807, 2.05) is 51.3 Å². The molecule has 1 N–H and O–H groups in total. The quantitative estimate of drug-likeness (QED) is 0.429. The Labute approximate surface area is 209 Å². The van der Waals surface area contributed by atoms with Gasteiger partial charge in [0.2, 0.25) is 0 Å². The van der Waals surface area contributed by atoms with Gasteiger partial charge in [-0.05, 0) is 93.4 Å². The zero-order valence-corrected chi connectivity index (χ0v) is 22.4. The first-order valence-electron chi connectivity index (χ1n) is 12.3. The van der Waals surface area contributed by atoms with E-state index in [1.54, 1.807) is 0 Å². The summed E-state index contributed by atoms with van der Waals surface area (Å²) in [5, 5.41) is 8.85. The fraction of sp³-hybridized carbons (Fsp3) is 0.840. The molecule has 0 aromatic heterocycles. The molecule has 0 amide bonds. The lowest BCUT2D eigenvalue weighted by Gasteiger charge is -2.30. The minimum Gasteiger partial charge on any atom is -0.481 e. The van der Waals surface area contributed by atoms with Crippen molar-refractivity contribution in [1.29, 1.82) is 0 Å². The summed E-state index contributed by atoms with van der Waals surface area (Å²) in [5.41, 5.74) is -0.905. The van der Waals surface area contributed by atoms with Gasteiger partial charge in [-0.2, -0.15) is 0 Å². The van der Waals surface area contributed by atoms with Crippen LogP contribution in [0.2, 0.25) is 0 Å². The monoisotopic (exact) mass is 500 g/mol. The number of ether oxygens (including phenoxy) is 3. The minimum atomic E-state index is -0.734. The number of hydrogen-bond donors (Lipinski definition) is 1. The molecule has 10 nitrogen and oxygen atoms in total. The maximum Gasteiger partial charge on any atom is 0.320 e. The SMILES string of the molecule is CC(C)(C)OC(=O)CN1CCC(C(=O)O)CC1.COC(=O)C1CCN(CC(=O)OC(C)(C)C)CC1. The molecule has 2 heterocycles. The van der Waals surface area contributed by atoms with Crippen LogP contribution in [0.15, 0.2) is 0 Å². The van der Waals surface area contributed by atoms with Gasteiger partial charge < -0.3 is 19.3 Å². The Bertz CT molecular complexity index is 710. The molecule has 0 saturated carbocycles. The lowest BCUT2D eigenvalue weighted by atomic mass is 9.97. The summed E-state index contributed by atoms with van der Waals surface area (Å²) in [5.74, 6) is -1.62. The van der Waals surface area contributed by atoms with Gasteiger partial charge in [-0.25, -0.2) is 0 Å². The van der Waals surface area contributed by atoms with Crippen LogP contribution in [0.25, 0.3) is 0 Å². The standard InChI is InChI=1S/C13H23NO4.C12H21NO4/c1-13(2,3)18-11(15)9-14-7-5-10(6-8-14)12(16)17-4;1-12(2,3)17-10(14)8-13-6-4-9(5-7-13)11(15)16/h10H,5-9H2,1-4H3;9H,4-8H2,1-3H3,(H,15,16). The number of carboxylic acids is 1. The topological polar surface area (TPSA) is 123 Å². The summed E-state index contributed by atoms with van der Waals surface area (Å²) in [6.07, 6.45) is 2.71. The molecule has 0 aromatic carbocycles. The number of rotatable bonds is 6. The molecule has 0 aromatic rings. The highest BCUT2D eigenvalue weighted by molar-refractivity contribution is 5.73. The van der Waals surface area contributed by atoms with E-state index < -0.39 is 17.2 Å². The largest absolute Gasteiger partial charge is 0.481 e. The van der Waals surface area contributed by atoms with Crippen LogP contribution in [0.1, 0.15) is 67.2 Å². The predicted molar refractivity (Wildman–Crippen MR) is 130 cm³/mol. The Morgan fingerprint density at radius 2 is 1.06 bits per heavy atom. The van der Waals surface area contributed by atoms with Crippen LogP contribution < -0.4 is 0 Å². The van der Waals surface area contributed by atoms with Gasteiger partial charge in [0, 0.05) is 0 Å². The zero-order chi connectivity index (χ0) is 26.8. The number of carbonyl (C=O) groups excluding carboxylic acids is 3. The Hall–Kier alpha value is -2.20. The highest BCUT2D eigenvalue weighted by atomic mass is 16.6. The van der Waals surface area contributed by atoms with Crippen molar-refractivity contribution >= 4 is 23.9 Å². The molecule has 2 fully saturated rings. The van der Waals surface area contributed by atoms with E-state index >= 15 is 0 Å². The number of aliphatic carboxylic acids is 1. The van der Waals surface area contributed by atoms with Crippen molar-refractivity contribution < 1.29 is 38.5 Å². The highest BCUT2D eigenvalue weighted by Crippen LogP contribution is 2.19. The van der Waals surface area contributed by atoms with E-state index in [4.69, 9.17) is 19.3 Å². The van der Waals surface area contributed by atoms with E-state index in [-0.39, 0.29) is 36.3 Å². The van der Waals surface area contributed by atoms with Gasteiger partial charge in [-0.3, -0.25) is 29.0 Å². The number of hydrogen-bond acceptors (Lipinski definition) is 9. The number of methoxy groups -OCH3 is 1. The van der Waals surface area contributed by atoms with Crippen LogP contribution in [0.3, 0.4) is 0 Å². The third-order valence-corrected chi connectivity index (χ3v) is 5.60. The van der Waals surface area contributed by atoms with Crippen LogP contribution in [-0.4, -0.2) is 96.4 Å². The van der Waals surface area contributed by atoms with Crippen molar-refractivity contribution in [2.24, 2.45) is 11.8 Å².